The molecule has 25 heteroatoms. The van der Waals surface area contributed by atoms with Gasteiger partial charge < -0.3 is 114 Å². The number of nitrogens with two attached hydrogens (primary N) is 4. The molecule has 25 N–H and O–H groups in total. The van der Waals surface area contributed by atoms with Gasteiger partial charge in [0.25, 0.3) is 0 Å². The molecular formula is C100H133ClN4O20. The standard InChI is InChI=1S/C20H24O6.C14H19NO5.C11H16O.C10H11ClO2.C9H14N2O.C9H13NO2.3C9H12O/c1-2-16-17(23)18(24)19(25)20(26-16)12-5-8-15(22)13(10-12)9-11-3-6-14(21)7-4-11;1-9(17)7-11(15)13(19)14(20,12(18)8-16)10-5-3-2-4-6-10;1-3-9-6-5-7-10(8-9)11(12)4-2;1-2-9(12)10(13)7-5-3-4-6-8(7)11;1-2-9(12)7-5-6(10)3-4-8(7)11;1-2-8(11)7-5-6(10)3-4-9(7)12;3*1-2-9(10)8-6-4-3-5-7-8/h3-8,10,16-25H,2,9H2,1H3;2-6,11-12,16-18,20H,1,7-8,15H2;5-8,11-12H,3-4H2,1-2H3;3-6,10,13H,2H2,1H3;3-5,9,12H,2,10-11H2,1H3;3-5,8,11-12H,2,10H2,1H3;3*3-7,9-10H,2H2,1H3/t16-,17-,18+,19-,20?;11-,12?,14?;;;;;9-;;/m10....1../s1/i;;12D;;;;2D2;10D;9D. The zero-order valence-electron chi connectivity index (χ0n) is 77.6. The molecule has 680 valence electrons. The largest absolute Gasteiger partial charge is 0.513 e. The van der Waals surface area contributed by atoms with Gasteiger partial charge in [0.2, 0.25) is 2.86 Å². The van der Waals surface area contributed by atoms with Crippen LogP contribution in [-0.2, 0) is 32.8 Å². The molecule has 24 nitrogen and oxygen atoms in total. The minimum atomic E-state index is -2.34. The topological polar surface area (TPSA) is 491 Å². The van der Waals surface area contributed by atoms with Gasteiger partial charge in [-0.15, -0.1) is 0 Å². The van der Waals surface area contributed by atoms with E-state index in [9.17, 15) is 76.0 Å². The van der Waals surface area contributed by atoms with Gasteiger partial charge in [0.15, 0.2) is 17.2 Å². The highest BCUT2D eigenvalue weighted by molar-refractivity contribution is 6.31. The number of halogens is 1. The minimum absolute atomic E-state index is 0.0730. The van der Waals surface area contributed by atoms with E-state index in [0.29, 0.717) is 94.0 Å². The van der Waals surface area contributed by atoms with Crippen LogP contribution in [0.15, 0.2) is 261 Å². The molecule has 125 heavy (non-hydrogen) atoms. The molecule has 11 rings (SSSR count). The first-order valence-corrected chi connectivity index (χ1v) is 41.9. The number of anilines is 3. The fourth-order valence-corrected chi connectivity index (χ4v) is 12.5. The van der Waals surface area contributed by atoms with Crippen LogP contribution in [0.4, 0.5) is 17.1 Å². The van der Waals surface area contributed by atoms with Crippen molar-refractivity contribution in [2.24, 2.45) is 5.73 Å². The first-order chi connectivity index (χ1) is 61.6. The molecule has 10 aromatic rings. The van der Waals surface area contributed by atoms with Crippen molar-refractivity contribution < 1.29 is 105 Å². The van der Waals surface area contributed by atoms with Gasteiger partial charge >= 0.3 is 0 Å². The van der Waals surface area contributed by atoms with Gasteiger partial charge in [0.1, 0.15) is 53.9 Å². The van der Waals surface area contributed by atoms with E-state index in [1.807, 2.05) is 101 Å². The van der Waals surface area contributed by atoms with Crippen molar-refractivity contribution in [1.29, 1.82) is 2.86 Å². The molecule has 1 saturated heterocycles. The Morgan fingerprint density at radius 3 is 1.51 bits per heavy atom. The molecule has 9 unspecified atom stereocenters. The van der Waals surface area contributed by atoms with Crippen molar-refractivity contribution in [1.82, 2.24) is 0 Å². The fraction of sp³-hybridized carbons (Fsp3) is 0.360. The molecule has 0 radical (unpaired) electrons. The molecule has 1 fully saturated rings. The van der Waals surface area contributed by atoms with E-state index < -0.39 is 97.5 Å². The number of nitrogen functional groups attached to an aromatic ring is 3. The molecule has 0 aromatic heterocycles. The van der Waals surface area contributed by atoms with E-state index in [1.165, 1.54) is 36.8 Å². The number of hydrogen-bond acceptors (Lipinski definition) is 24. The van der Waals surface area contributed by atoms with Crippen molar-refractivity contribution in [3.05, 3.63) is 333 Å². The number of phenolic OH excluding ortho intramolecular Hbond substituents is 3. The molecule has 0 spiro atoms. The highest BCUT2D eigenvalue weighted by Gasteiger charge is 2.47. The quantitative estimate of drug-likeness (QED) is 0.0118. The molecule has 0 bridgehead atoms. The third-order valence-corrected chi connectivity index (χ3v) is 20.2. The number of ether oxygens (including phenoxy) is 1. The molecule has 1 aliphatic heterocycles. The van der Waals surface area contributed by atoms with Gasteiger partial charge in [-0.1, -0.05) is 262 Å². The Kier molecular flexibility index (Phi) is 46.4. The van der Waals surface area contributed by atoms with Gasteiger partial charge in [-0.25, -0.2) is 0 Å². The summed E-state index contributed by atoms with van der Waals surface area (Å²) < 4.78 is 41.6. The van der Waals surface area contributed by atoms with Gasteiger partial charge in [0, 0.05) is 60.8 Å². The molecule has 1 aliphatic rings. The summed E-state index contributed by atoms with van der Waals surface area (Å²) in [7, 11) is 0. The highest BCUT2D eigenvalue weighted by atomic mass is 35.5. The predicted molar refractivity (Wildman–Crippen MR) is 494 cm³/mol. The number of phenols is 3. The molecule has 0 amide bonds. The lowest BCUT2D eigenvalue weighted by Gasteiger charge is -2.40. The number of ketones is 2. The third-order valence-electron chi connectivity index (χ3n) is 19.9. The van der Waals surface area contributed by atoms with Crippen LogP contribution in [0.3, 0.4) is 0 Å². The van der Waals surface area contributed by atoms with Crippen LogP contribution in [-0.4, -0.2) is 144 Å². The first kappa shape index (κ1) is 100.0. The van der Waals surface area contributed by atoms with E-state index in [4.69, 9.17) is 56.5 Å². The maximum absolute atomic E-state index is 12.3. The third kappa shape index (κ3) is 36.2. The second-order valence-electron chi connectivity index (χ2n) is 29.1. The summed E-state index contributed by atoms with van der Waals surface area (Å²) in [6.07, 6.45) is -7.87. The number of Topliss-reactive ketones (excluding diaryl/α,β-unsaturated/α-hetero) is 2. The van der Waals surface area contributed by atoms with Crippen LogP contribution in [0.2, 0.25) is 5.02 Å². The molecule has 0 aliphatic carbocycles. The Labute approximate surface area is 748 Å². The van der Waals surface area contributed by atoms with E-state index in [0.717, 1.165) is 41.5 Å². The van der Waals surface area contributed by atoms with Crippen molar-refractivity contribution in [3.8, 4) is 17.2 Å². The second-order valence-corrected chi connectivity index (χ2v) is 29.6. The Hall–Kier alpha value is -10.4. The zero-order valence-corrected chi connectivity index (χ0v) is 73.4. The Morgan fingerprint density at radius 2 is 1.02 bits per heavy atom. The van der Waals surface area contributed by atoms with E-state index in [1.54, 1.807) is 159 Å². The van der Waals surface area contributed by atoms with E-state index in [-0.39, 0.29) is 53.0 Å². The molecular weight excluding hydrogens is 1610 g/mol. The number of aromatic hydroxyl groups is 3. The molecule has 10 aromatic carbocycles. The monoisotopic (exact) mass is 1750 g/mol. The van der Waals surface area contributed by atoms with Gasteiger partial charge in [-0.2, -0.15) is 0 Å². The summed E-state index contributed by atoms with van der Waals surface area (Å²) in [5.41, 5.74) is 30.5. The minimum Gasteiger partial charge on any atom is -0.513 e. The highest BCUT2D eigenvalue weighted by Crippen LogP contribution is 2.37. The number of benzene rings is 10. The molecule has 0 saturated carbocycles. The van der Waals surface area contributed by atoms with Crippen molar-refractivity contribution in [3.63, 3.8) is 0 Å². The number of rotatable bonds is 29. The van der Waals surface area contributed by atoms with E-state index in [2.05, 4.69) is 35.9 Å². The number of aliphatic hydroxyl groups excluding tert-OH is 12. The summed E-state index contributed by atoms with van der Waals surface area (Å²) in [4.78, 5) is 23.5. The summed E-state index contributed by atoms with van der Waals surface area (Å²) in [6.45, 7) is 19.0. The predicted octanol–water partition coefficient (Wildman–Crippen LogP) is 15.4. The number of carbonyl (C=O) groups is 2. The zero-order chi connectivity index (χ0) is 97.6. The second kappa shape index (κ2) is 58.0. The smallest absolute Gasteiger partial charge is 0.211 e. The lowest BCUT2D eigenvalue weighted by Crippen LogP contribution is -2.54. The van der Waals surface area contributed by atoms with Gasteiger partial charge in [-0.05, 0) is 168 Å². The molecule has 1 heterocycles. The number of carbonyl (C=O) groups excluding carboxylic acids is 2. The van der Waals surface area contributed by atoms with Crippen LogP contribution in [0, 0.1) is 0 Å². The van der Waals surface area contributed by atoms with Crippen LogP contribution in [0.25, 0.3) is 0 Å². The Morgan fingerprint density at radius 1 is 0.528 bits per heavy atom. The Balaban J connectivity index is 0.000000384. The SMILES string of the molecule is C=C(O)C[C@H](N)C(=O)C(O)(c1ccccc1)C(O)CO.CCC(=O)C(O)c1ccccc1Cl.CCC(O)c1cc(N)ccc1N.CCC(O)c1cc(N)ccc1O.CC[C@H]1OC(c2ccc(O)c(Cc3ccc(O)cc3)c2)[C@H](O)[C@@H](O)[C@@H]1O.[2H]C(O)(CC)c1ccccc1.[2H]C([2H])(C)[C@@H](O)c1ccccc1.[2H]OC(CC)c1cccc(CC)c1.[2H]OC(CC)c1ccccc1. The van der Waals surface area contributed by atoms with Crippen molar-refractivity contribution >= 4 is 40.2 Å². The van der Waals surface area contributed by atoms with Gasteiger partial charge in [0.05, 0.1) is 62.5 Å². The summed E-state index contributed by atoms with van der Waals surface area (Å²) >= 11 is 5.81. The van der Waals surface area contributed by atoms with Crippen LogP contribution in [0.1, 0.15) is 240 Å². The number of aliphatic hydroxyl groups is 14. The average molecular weight is 1750 g/mol. The average Bonchev–Trinajstić information content (AvgIpc) is 0.778. The number of hydrogen-bond donors (Lipinski definition) is 21. The van der Waals surface area contributed by atoms with Gasteiger partial charge in [-0.3, -0.25) is 9.59 Å². The first-order valence-electron chi connectivity index (χ1n) is 43.9. The van der Waals surface area contributed by atoms with Crippen molar-refractivity contribution in [2.45, 2.75) is 224 Å². The number of aryl methyl sites for hydroxylation is 1. The summed E-state index contributed by atoms with van der Waals surface area (Å²) in [6, 6.07) is 70.6. The summed E-state index contributed by atoms with van der Waals surface area (Å²) in [5.74, 6) is -1.05. The maximum atomic E-state index is 12.3. The molecule has 15 atom stereocenters. The summed E-state index contributed by atoms with van der Waals surface area (Å²) in [5, 5.41) is 155. The normalized spacial score (nSPS) is 17.8. The maximum Gasteiger partial charge on any atom is 0.211 e. The fourth-order valence-electron chi connectivity index (χ4n) is 12.3. The lowest BCUT2D eigenvalue weighted by atomic mass is 9.81. The van der Waals surface area contributed by atoms with Crippen LogP contribution < -0.4 is 22.9 Å². The van der Waals surface area contributed by atoms with Crippen LogP contribution in [0.5, 0.6) is 17.2 Å². The lowest BCUT2D eigenvalue weighted by molar-refractivity contribution is -0.225. The Bertz CT molecular complexity index is 4820. The van der Waals surface area contributed by atoms with Crippen LogP contribution >= 0.6 is 11.6 Å². The van der Waals surface area contributed by atoms with Crippen molar-refractivity contribution in [2.75, 3.05) is 23.8 Å². The van der Waals surface area contributed by atoms with E-state index >= 15 is 0 Å².